The Labute approximate surface area is 413 Å². The van der Waals surface area contributed by atoms with Crippen molar-refractivity contribution in [3.63, 3.8) is 0 Å². The van der Waals surface area contributed by atoms with Crippen LogP contribution in [-0.2, 0) is 0 Å². The normalized spacial score (nSPS) is 19.4. The van der Waals surface area contributed by atoms with Crippen LogP contribution in [0.5, 0.6) is 0 Å². The van der Waals surface area contributed by atoms with Gasteiger partial charge in [0.15, 0.2) is 11.6 Å². The van der Waals surface area contributed by atoms with Crippen molar-refractivity contribution in [2.45, 2.75) is 63.2 Å². The molecular weight excluding hydrogens is 863 g/mol. The van der Waals surface area contributed by atoms with Gasteiger partial charge in [0, 0.05) is 44.5 Å². The number of aromatic nitrogens is 1. The van der Waals surface area contributed by atoms with Gasteiger partial charge in [0.05, 0.1) is 16.6 Å². The van der Waals surface area contributed by atoms with Crippen LogP contribution in [0.3, 0.4) is 0 Å². The van der Waals surface area contributed by atoms with E-state index in [1.165, 1.54) is 66.1 Å². The zero-order chi connectivity index (χ0) is 46.9. The van der Waals surface area contributed by atoms with Crippen LogP contribution in [0.25, 0.3) is 105 Å². The first-order chi connectivity index (χ1) is 35.1. The number of carbonyl (C=O) groups excluding carboxylic acids is 2. The number of nitrogens with zero attached hydrogens (tertiary/aromatic N) is 1. The summed E-state index contributed by atoms with van der Waals surface area (Å²) in [6.07, 6.45) is 8.00. The van der Waals surface area contributed by atoms with Crippen molar-refractivity contribution in [2.24, 2.45) is 11.8 Å². The van der Waals surface area contributed by atoms with Crippen molar-refractivity contribution in [1.82, 2.24) is 4.40 Å². The molecule has 2 fully saturated rings. The second kappa shape index (κ2) is 15.8. The summed E-state index contributed by atoms with van der Waals surface area (Å²) in [6, 6.07) is 69.3. The SMILES string of the molecule is O=C1c2cc3c(cc2C2CCC1CC2)c1c(-c2c(-c4ccccc4)cccc2-c2ccccc2)cc(-c2c(-c4ccccc4)cccc2-c2ccccc2)c2c4cc5c(cc4n3c12)C(=O)C1CCC5CC1. The zero-order valence-corrected chi connectivity index (χ0v) is 39.6. The highest BCUT2D eigenvalue weighted by Crippen LogP contribution is 2.56. The number of ketones is 2. The lowest BCUT2D eigenvalue weighted by Crippen LogP contribution is -2.15. The minimum absolute atomic E-state index is 0.0684. The van der Waals surface area contributed by atoms with E-state index in [0.717, 1.165) is 112 Å². The first-order valence-corrected chi connectivity index (χ1v) is 26.0. The van der Waals surface area contributed by atoms with Gasteiger partial charge < -0.3 is 4.40 Å². The molecule has 17 rings (SSSR count). The Hall–Kier alpha value is -7.88. The lowest BCUT2D eigenvalue weighted by molar-refractivity contribution is 0.0891. The molecule has 0 N–H and O–H groups in total. The molecular formula is C68H51NO2. The summed E-state index contributed by atoms with van der Waals surface area (Å²) in [5, 5.41) is 4.75. The topological polar surface area (TPSA) is 38.5 Å². The highest BCUT2D eigenvalue weighted by atomic mass is 16.1. The predicted molar refractivity (Wildman–Crippen MR) is 292 cm³/mol. The average molecular weight is 914 g/mol. The van der Waals surface area contributed by atoms with Gasteiger partial charge in [-0.05, 0) is 171 Å². The molecule has 2 heterocycles. The van der Waals surface area contributed by atoms with Crippen LogP contribution in [0.4, 0.5) is 0 Å². The van der Waals surface area contributed by atoms with Gasteiger partial charge in [0.1, 0.15) is 0 Å². The molecule has 0 saturated heterocycles. The van der Waals surface area contributed by atoms with Gasteiger partial charge in [-0.2, -0.15) is 0 Å². The first kappa shape index (κ1) is 41.0. The molecule has 0 spiro atoms. The van der Waals surface area contributed by atoms with Gasteiger partial charge in [-0.15, -0.1) is 0 Å². The van der Waals surface area contributed by atoms with Crippen molar-refractivity contribution >= 4 is 49.7 Å². The summed E-state index contributed by atoms with van der Waals surface area (Å²) in [4.78, 5) is 29.6. The maximum absolute atomic E-state index is 14.8. The second-order valence-electron chi connectivity index (χ2n) is 21.1. The third kappa shape index (κ3) is 6.08. The van der Waals surface area contributed by atoms with Crippen LogP contribution in [0.1, 0.15) is 95.0 Å². The largest absolute Gasteiger partial charge is 0.308 e. The molecule has 0 amide bonds. The smallest absolute Gasteiger partial charge is 0.166 e. The van der Waals surface area contributed by atoms with Gasteiger partial charge in [-0.3, -0.25) is 9.59 Å². The third-order valence-corrected chi connectivity index (χ3v) is 17.5. The van der Waals surface area contributed by atoms with Crippen LogP contribution in [0.15, 0.2) is 188 Å². The Morgan fingerprint density at radius 3 is 0.972 bits per heavy atom. The molecule has 0 atom stereocenters. The molecule has 0 unspecified atom stereocenters. The van der Waals surface area contributed by atoms with E-state index in [9.17, 15) is 9.59 Å². The standard InChI is InChI=1S/C68H51NO2/c70-67-46-31-27-44(28-32-46)52-35-56-60(38-54(52)67)69-61-39-55-53(45-29-33-47(34-30-45)68(55)71)36-57(61)65-59(63-50(42-19-9-3-10-20-42)25-14-26-51(63)43-21-11-4-12-22-43)37-58(64(56)66(65)69)62-48(40-15-5-1-6-16-40)23-13-24-49(62)41-17-7-2-8-18-41/h1-26,35-39,44-47H,27-34H2. The quantitative estimate of drug-likeness (QED) is 0.167. The molecule has 3 nitrogen and oxygen atoms in total. The van der Waals surface area contributed by atoms with E-state index in [1.54, 1.807) is 0 Å². The molecule has 6 aliphatic rings. The molecule has 71 heavy (non-hydrogen) atoms. The number of carbonyl (C=O) groups is 2. The van der Waals surface area contributed by atoms with Gasteiger partial charge in [0.2, 0.25) is 0 Å². The zero-order valence-electron chi connectivity index (χ0n) is 39.6. The lowest BCUT2D eigenvalue weighted by Gasteiger charge is -2.23. The number of fused-ring (bicyclic) bond motifs is 10. The Bertz CT molecular complexity index is 3590. The molecule has 2 saturated carbocycles. The summed E-state index contributed by atoms with van der Waals surface area (Å²) in [7, 11) is 0. The first-order valence-electron chi connectivity index (χ1n) is 26.0. The average Bonchev–Trinajstić information content (AvgIpc) is 3.77. The van der Waals surface area contributed by atoms with E-state index >= 15 is 0 Å². The molecule has 340 valence electrons. The second-order valence-corrected chi connectivity index (χ2v) is 21.1. The number of hydrogen-bond donors (Lipinski definition) is 0. The van der Waals surface area contributed by atoms with Crippen molar-refractivity contribution < 1.29 is 9.59 Å². The molecule has 6 aliphatic carbocycles. The number of rotatable bonds is 6. The van der Waals surface area contributed by atoms with E-state index in [2.05, 4.69) is 192 Å². The fourth-order valence-electron chi connectivity index (χ4n) is 14.2. The van der Waals surface area contributed by atoms with Crippen molar-refractivity contribution in [1.29, 1.82) is 0 Å². The van der Waals surface area contributed by atoms with E-state index in [0.29, 0.717) is 23.4 Å². The maximum Gasteiger partial charge on any atom is 0.166 e. The summed E-state index contributed by atoms with van der Waals surface area (Å²) in [5.41, 5.74) is 21.5. The molecule has 2 aromatic heterocycles. The summed E-state index contributed by atoms with van der Waals surface area (Å²) in [6.45, 7) is 0. The fourth-order valence-corrected chi connectivity index (χ4v) is 14.2. The fraction of sp³-hybridized carbons (Fsp3) is 0.176. The predicted octanol–water partition coefficient (Wildman–Crippen LogP) is 17.8. The Kier molecular flexibility index (Phi) is 9.12. The Morgan fingerprint density at radius 2 is 0.634 bits per heavy atom. The minimum atomic E-state index is 0.0684. The van der Waals surface area contributed by atoms with Crippen LogP contribution < -0.4 is 0 Å². The molecule has 4 bridgehead atoms. The number of benzene rings is 9. The van der Waals surface area contributed by atoms with Crippen molar-refractivity contribution in [3.8, 4) is 66.8 Å². The van der Waals surface area contributed by atoms with Gasteiger partial charge in [-0.25, -0.2) is 0 Å². The number of hydrogen-bond acceptors (Lipinski definition) is 2. The van der Waals surface area contributed by atoms with E-state index in [-0.39, 0.29) is 11.8 Å². The van der Waals surface area contributed by atoms with Crippen molar-refractivity contribution in [3.05, 3.63) is 210 Å². The van der Waals surface area contributed by atoms with Crippen molar-refractivity contribution in [2.75, 3.05) is 0 Å². The molecule has 11 aromatic rings. The van der Waals surface area contributed by atoms with Gasteiger partial charge in [-0.1, -0.05) is 158 Å². The van der Waals surface area contributed by atoms with E-state index in [4.69, 9.17) is 0 Å². The van der Waals surface area contributed by atoms with Crippen LogP contribution in [0.2, 0.25) is 0 Å². The molecule has 9 aromatic carbocycles. The minimum Gasteiger partial charge on any atom is -0.308 e. The van der Waals surface area contributed by atoms with E-state index in [1.807, 2.05) is 0 Å². The Morgan fingerprint density at radius 1 is 0.310 bits per heavy atom. The van der Waals surface area contributed by atoms with Crippen LogP contribution in [-0.4, -0.2) is 16.0 Å². The van der Waals surface area contributed by atoms with Crippen LogP contribution >= 0.6 is 0 Å². The third-order valence-electron chi connectivity index (χ3n) is 17.5. The molecule has 3 heteroatoms. The van der Waals surface area contributed by atoms with Crippen LogP contribution in [0, 0.1) is 11.8 Å². The maximum atomic E-state index is 14.8. The Balaban J connectivity index is 1.20. The summed E-state index contributed by atoms with van der Waals surface area (Å²) < 4.78 is 2.50. The molecule has 0 radical (unpaired) electrons. The monoisotopic (exact) mass is 913 g/mol. The van der Waals surface area contributed by atoms with Gasteiger partial charge in [0.25, 0.3) is 0 Å². The van der Waals surface area contributed by atoms with E-state index < -0.39 is 0 Å². The summed E-state index contributed by atoms with van der Waals surface area (Å²) >= 11 is 0. The van der Waals surface area contributed by atoms with Gasteiger partial charge >= 0.3 is 0 Å². The number of Topliss-reactive ketones (excluding diaryl/α,β-unsaturated/α-hetero) is 2. The summed E-state index contributed by atoms with van der Waals surface area (Å²) in [5.74, 6) is 1.44. The molecule has 0 aliphatic heterocycles. The highest BCUT2D eigenvalue weighted by molar-refractivity contribution is 6.33. The highest BCUT2D eigenvalue weighted by Gasteiger charge is 2.39. The lowest BCUT2D eigenvalue weighted by atomic mass is 9.80.